The van der Waals surface area contributed by atoms with Crippen LogP contribution in [0.1, 0.15) is 48.4 Å². The fourth-order valence-corrected chi connectivity index (χ4v) is 8.07. The molecule has 0 amide bonds. The second-order valence-electron chi connectivity index (χ2n) is 10.2. The minimum Gasteiger partial charge on any atom is -0.383 e. The fraction of sp³-hybridized carbons (Fsp3) is 0.357. The number of hydrogen-bond acceptors (Lipinski definition) is 7. The quantitative estimate of drug-likeness (QED) is 0.301. The van der Waals surface area contributed by atoms with Crippen LogP contribution in [0.3, 0.4) is 0 Å². The van der Waals surface area contributed by atoms with Crippen LogP contribution in [0.2, 0.25) is 5.02 Å². The number of hydrogen-bond donors (Lipinski definition) is 1. The fourth-order valence-electron chi connectivity index (χ4n) is 5.17. The van der Waals surface area contributed by atoms with Gasteiger partial charge in [-0.2, -0.15) is 0 Å². The van der Waals surface area contributed by atoms with Crippen molar-refractivity contribution in [1.29, 1.82) is 0 Å². The zero-order valence-electron chi connectivity index (χ0n) is 21.1. The van der Waals surface area contributed by atoms with Crippen molar-refractivity contribution in [2.45, 2.75) is 49.5 Å². The number of nitrogens with zero attached hydrogens (tertiary/aromatic N) is 4. The number of aromatic nitrogens is 3. The number of rotatable bonds is 7. The van der Waals surface area contributed by atoms with Crippen LogP contribution in [0.5, 0.6) is 0 Å². The molecule has 4 aromatic rings. The Bertz CT molecular complexity index is 1630. The summed E-state index contributed by atoms with van der Waals surface area (Å²) in [6, 6.07) is 8.68. The van der Waals surface area contributed by atoms with Crippen LogP contribution in [-0.4, -0.2) is 52.0 Å². The van der Waals surface area contributed by atoms with Crippen molar-refractivity contribution in [1.82, 2.24) is 18.8 Å². The summed E-state index contributed by atoms with van der Waals surface area (Å²) in [5.41, 5.74) is 1.59. The number of halogens is 1. The normalized spacial score (nSPS) is 18.0. The lowest BCUT2D eigenvalue weighted by Gasteiger charge is -2.34. The number of aryl methyl sites for hydroxylation is 1. The summed E-state index contributed by atoms with van der Waals surface area (Å²) in [7, 11) is -3.95. The molecule has 1 saturated heterocycles. The molecular weight excluding hydrogens is 540 g/mol. The first kappa shape index (κ1) is 25.7. The van der Waals surface area contributed by atoms with Gasteiger partial charge in [-0.05, 0) is 76.4 Å². The van der Waals surface area contributed by atoms with E-state index in [9.17, 15) is 13.5 Å². The second kappa shape index (κ2) is 9.88. The summed E-state index contributed by atoms with van der Waals surface area (Å²) >= 11 is 8.08. The Hall–Kier alpha value is -2.56. The van der Waals surface area contributed by atoms with Crippen molar-refractivity contribution in [2.75, 3.05) is 19.6 Å². The van der Waals surface area contributed by atoms with E-state index in [1.807, 2.05) is 25.1 Å². The Balaban J connectivity index is 1.51. The molecule has 1 aromatic carbocycles. The van der Waals surface area contributed by atoms with E-state index in [4.69, 9.17) is 11.6 Å². The van der Waals surface area contributed by atoms with Gasteiger partial charge in [0.15, 0.2) is 5.65 Å². The van der Waals surface area contributed by atoms with Crippen LogP contribution in [0, 0.1) is 6.92 Å². The molecule has 2 aliphatic rings. The van der Waals surface area contributed by atoms with Crippen molar-refractivity contribution in [3.05, 3.63) is 70.1 Å². The number of likely N-dealkylation sites (tertiary alicyclic amines) is 1. The third kappa shape index (κ3) is 4.50. The van der Waals surface area contributed by atoms with Gasteiger partial charge in [-0.3, -0.25) is 4.90 Å². The van der Waals surface area contributed by atoms with Gasteiger partial charge in [0.2, 0.25) is 0 Å². The van der Waals surface area contributed by atoms with Gasteiger partial charge in [0.05, 0.1) is 20.5 Å². The van der Waals surface area contributed by atoms with Gasteiger partial charge >= 0.3 is 0 Å². The maximum absolute atomic E-state index is 14.0. The SMILES string of the molecule is Cc1ccc(S(=O)(=O)n2c(C=CCN3CCCC3)cc3c(-c4cnc(C5(O)CCC5)s4)c(Cl)cnc32)cc1. The maximum atomic E-state index is 14.0. The third-order valence-electron chi connectivity index (χ3n) is 7.51. The van der Waals surface area contributed by atoms with E-state index in [2.05, 4.69) is 14.9 Å². The van der Waals surface area contributed by atoms with Gasteiger partial charge in [-0.25, -0.2) is 22.4 Å². The molecule has 0 atom stereocenters. The zero-order valence-corrected chi connectivity index (χ0v) is 23.5. The van der Waals surface area contributed by atoms with E-state index >= 15 is 0 Å². The lowest BCUT2D eigenvalue weighted by molar-refractivity contribution is -0.0389. The molecule has 6 rings (SSSR count). The predicted molar refractivity (Wildman–Crippen MR) is 152 cm³/mol. The Labute approximate surface area is 231 Å². The standard InChI is InChI=1S/C28H29ClN4O3S2/c1-19-7-9-21(10-8-19)38(35,36)33-20(6-4-15-32-13-2-3-14-32)16-22-25(23(29)17-30-26(22)33)24-18-31-27(37-24)28(34)11-5-12-28/h4,6-10,16-18,34H,2-3,5,11-15H2,1H3. The maximum Gasteiger partial charge on any atom is 0.269 e. The van der Waals surface area contributed by atoms with Crippen LogP contribution in [0.15, 0.2) is 53.7 Å². The van der Waals surface area contributed by atoms with E-state index in [-0.39, 0.29) is 4.90 Å². The smallest absolute Gasteiger partial charge is 0.269 e. The monoisotopic (exact) mass is 568 g/mol. The molecule has 1 N–H and O–H groups in total. The van der Waals surface area contributed by atoms with Crippen LogP contribution < -0.4 is 0 Å². The molecule has 1 aliphatic carbocycles. The highest BCUT2D eigenvalue weighted by Gasteiger charge is 2.39. The minimum absolute atomic E-state index is 0.195. The number of pyridine rings is 1. The minimum atomic E-state index is -3.95. The van der Waals surface area contributed by atoms with E-state index in [0.29, 0.717) is 45.2 Å². The van der Waals surface area contributed by atoms with Crippen molar-refractivity contribution in [3.8, 4) is 10.4 Å². The summed E-state index contributed by atoms with van der Waals surface area (Å²) in [6.45, 7) is 4.78. The summed E-state index contributed by atoms with van der Waals surface area (Å²) in [6.07, 6.45) is 11.8. The Morgan fingerprint density at radius 2 is 1.84 bits per heavy atom. The number of benzene rings is 1. The summed E-state index contributed by atoms with van der Waals surface area (Å²) < 4.78 is 29.3. The highest BCUT2D eigenvalue weighted by atomic mass is 35.5. The van der Waals surface area contributed by atoms with Crippen molar-refractivity contribution < 1.29 is 13.5 Å². The van der Waals surface area contributed by atoms with Gasteiger partial charge in [0, 0.05) is 29.9 Å². The molecule has 38 heavy (non-hydrogen) atoms. The lowest BCUT2D eigenvalue weighted by Crippen LogP contribution is -2.33. The molecule has 2 fully saturated rings. The lowest BCUT2D eigenvalue weighted by atomic mass is 9.81. The second-order valence-corrected chi connectivity index (χ2v) is 13.4. The number of aliphatic hydroxyl groups is 1. The highest BCUT2D eigenvalue weighted by molar-refractivity contribution is 7.90. The molecule has 3 aromatic heterocycles. The molecule has 198 valence electrons. The van der Waals surface area contributed by atoms with Crippen molar-refractivity contribution >= 4 is 50.1 Å². The molecular formula is C28H29ClN4O3S2. The molecule has 7 nitrogen and oxygen atoms in total. The van der Waals surface area contributed by atoms with Crippen LogP contribution >= 0.6 is 22.9 Å². The van der Waals surface area contributed by atoms with E-state index in [1.54, 1.807) is 30.5 Å². The van der Waals surface area contributed by atoms with Crippen LogP contribution in [-0.2, 0) is 15.6 Å². The first-order valence-corrected chi connectivity index (χ1v) is 15.5. The van der Waals surface area contributed by atoms with Gasteiger partial charge in [-0.1, -0.05) is 35.4 Å². The zero-order chi connectivity index (χ0) is 26.5. The van der Waals surface area contributed by atoms with Crippen LogP contribution in [0.4, 0.5) is 0 Å². The first-order valence-electron chi connectivity index (χ1n) is 12.9. The molecule has 0 unspecified atom stereocenters. The first-order chi connectivity index (χ1) is 18.3. The van der Waals surface area contributed by atoms with Gasteiger partial charge in [0.25, 0.3) is 10.0 Å². The molecule has 4 heterocycles. The van der Waals surface area contributed by atoms with Gasteiger partial charge in [-0.15, -0.1) is 11.3 Å². The molecule has 1 aliphatic heterocycles. The average molecular weight is 569 g/mol. The van der Waals surface area contributed by atoms with E-state index < -0.39 is 15.6 Å². The Kier molecular flexibility index (Phi) is 6.68. The largest absolute Gasteiger partial charge is 0.383 e. The van der Waals surface area contributed by atoms with E-state index in [0.717, 1.165) is 36.5 Å². The van der Waals surface area contributed by atoms with Crippen LogP contribution in [0.25, 0.3) is 27.6 Å². The molecule has 0 radical (unpaired) electrons. The molecule has 0 bridgehead atoms. The van der Waals surface area contributed by atoms with Gasteiger partial charge < -0.3 is 5.11 Å². The molecule has 0 spiro atoms. The van der Waals surface area contributed by atoms with Crippen molar-refractivity contribution in [3.63, 3.8) is 0 Å². The van der Waals surface area contributed by atoms with Gasteiger partial charge in [0.1, 0.15) is 10.6 Å². The average Bonchev–Trinajstić information content (AvgIpc) is 3.63. The topological polar surface area (TPSA) is 88.3 Å². The van der Waals surface area contributed by atoms with Crippen molar-refractivity contribution in [2.24, 2.45) is 0 Å². The Morgan fingerprint density at radius 1 is 1.11 bits per heavy atom. The summed E-state index contributed by atoms with van der Waals surface area (Å²) in [4.78, 5) is 12.3. The third-order valence-corrected chi connectivity index (χ3v) is 10.7. The molecule has 1 saturated carbocycles. The summed E-state index contributed by atoms with van der Waals surface area (Å²) in [5.74, 6) is 0. The summed E-state index contributed by atoms with van der Waals surface area (Å²) in [5, 5.41) is 12.5. The molecule has 10 heteroatoms. The van der Waals surface area contributed by atoms with E-state index in [1.165, 1.54) is 34.3 Å². The Morgan fingerprint density at radius 3 is 2.53 bits per heavy atom. The highest BCUT2D eigenvalue weighted by Crippen LogP contribution is 2.46. The predicted octanol–water partition coefficient (Wildman–Crippen LogP) is 5.84. The number of thiazole rings is 1. The number of fused-ring (bicyclic) bond motifs is 1.